The van der Waals surface area contributed by atoms with E-state index in [-0.39, 0.29) is 23.4 Å². The maximum atomic E-state index is 13.8. The van der Waals surface area contributed by atoms with E-state index in [9.17, 15) is 14.5 Å². The van der Waals surface area contributed by atoms with Gasteiger partial charge in [-0.1, -0.05) is 12.2 Å². The zero-order chi connectivity index (χ0) is 12.3. The van der Waals surface area contributed by atoms with Gasteiger partial charge < -0.3 is 4.74 Å². The molecule has 4 nitrogen and oxygen atoms in total. The van der Waals surface area contributed by atoms with Crippen LogP contribution in [0.1, 0.15) is 12.5 Å². The number of nitro groups is 1. The quantitative estimate of drug-likeness (QED) is 0.449. The van der Waals surface area contributed by atoms with E-state index < -0.39 is 10.7 Å². The minimum absolute atomic E-state index is 0.00171. The van der Waals surface area contributed by atoms with E-state index in [1.165, 1.54) is 19.2 Å². The maximum absolute atomic E-state index is 13.8. The van der Waals surface area contributed by atoms with E-state index >= 15 is 0 Å². The van der Waals surface area contributed by atoms with Gasteiger partial charge >= 0.3 is 0 Å². The third kappa shape index (κ3) is 2.36. The lowest BCUT2D eigenvalue weighted by Gasteiger charge is -2.08. The van der Waals surface area contributed by atoms with Gasteiger partial charge in [0.2, 0.25) is 0 Å². The zero-order valence-electron chi connectivity index (χ0n) is 9.12. The number of nitro benzene ring substituents is 1. The Kier molecular flexibility index (Phi) is 3.60. The van der Waals surface area contributed by atoms with Crippen molar-refractivity contribution < 1.29 is 14.1 Å². The largest absolute Gasteiger partial charge is 0.494 e. The highest BCUT2D eigenvalue weighted by Crippen LogP contribution is 2.30. The van der Waals surface area contributed by atoms with E-state index in [4.69, 9.17) is 4.74 Å². The van der Waals surface area contributed by atoms with Crippen LogP contribution in [0.3, 0.4) is 0 Å². The summed E-state index contributed by atoms with van der Waals surface area (Å²) in [7, 11) is 1.31. The minimum atomic E-state index is -0.695. The summed E-state index contributed by atoms with van der Waals surface area (Å²) < 4.78 is 18.6. The Morgan fingerprint density at radius 3 is 2.69 bits per heavy atom. The molecule has 0 aliphatic rings. The summed E-state index contributed by atoms with van der Waals surface area (Å²) in [6.45, 7) is 5.30. The van der Waals surface area contributed by atoms with Gasteiger partial charge in [-0.3, -0.25) is 10.1 Å². The van der Waals surface area contributed by atoms with Crippen molar-refractivity contribution >= 4 is 5.69 Å². The molecule has 0 spiro atoms. The first-order valence-electron chi connectivity index (χ1n) is 4.61. The van der Waals surface area contributed by atoms with Gasteiger partial charge in [0.15, 0.2) is 11.6 Å². The van der Waals surface area contributed by atoms with Crippen LogP contribution in [0.5, 0.6) is 5.75 Å². The van der Waals surface area contributed by atoms with Crippen molar-refractivity contribution in [2.45, 2.75) is 13.3 Å². The number of ether oxygens (including phenoxy) is 1. The summed E-state index contributed by atoms with van der Waals surface area (Å²) in [4.78, 5) is 10.1. The molecule has 16 heavy (non-hydrogen) atoms. The molecule has 5 heteroatoms. The SMILES string of the molecule is C=C(C)Cc1c([N+](=O)[O-])ccc(OC)c1F. The number of nitrogens with zero attached hydrogens (tertiary/aromatic N) is 1. The van der Waals surface area contributed by atoms with Gasteiger partial charge in [-0.15, -0.1) is 0 Å². The van der Waals surface area contributed by atoms with Crippen molar-refractivity contribution in [2.75, 3.05) is 7.11 Å². The molecular weight excluding hydrogens is 213 g/mol. The summed E-state index contributed by atoms with van der Waals surface area (Å²) in [6, 6.07) is 2.48. The lowest BCUT2D eigenvalue weighted by atomic mass is 10.0. The Balaban J connectivity index is 3.36. The first kappa shape index (κ1) is 12.2. The summed E-state index contributed by atoms with van der Waals surface area (Å²) in [6.07, 6.45) is 0.124. The van der Waals surface area contributed by atoms with E-state index in [0.29, 0.717) is 5.57 Å². The fourth-order valence-electron chi connectivity index (χ4n) is 1.39. The van der Waals surface area contributed by atoms with Gasteiger partial charge in [-0.2, -0.15) is 0 Å². The van der Waals surface area contributed by atoms with Gasteiger partial charge in [0.25, 0.3) is 5.69 Å². The molecular formula is C11H12FNO3. The molecule has 0 saturated carbocycles. The Morgan fingerprint density at radius 2 is 2.25 bits per heavy atom. The van der Waals surface area contributed by atoms with E-state index in [2.05, 4.69) is 6.58 Å². The predicted molar refractivity (Wildman–Crippen MR) is 58.1 cm³/mol. The normalized spacial score (nSPS) is 9.94. The lowest BCUT2D eigenvalue weighted by Crippen LogP contribution is -2.01. The Labute approximate surface area is 92.5 Å². The minimum Gasteiger partial charge on any atom is -0.494 e. The first-order valence-corrected chi connectivity index (χ1v) is 4.61. The maximum Gasteiger partial charge on any atom is 0.276 e. The van der Waals surface area contributed by atoms with E-state index in [1.54, 1.807) is 6.92 Å². The number of methoxy groups -OCH3 is 1. The highest BCUT2D eigenvalue weighted by Gasteiger charge is 2.21. The van der Waals surface area contributed by atoms with Crippen LogP contribution in [0, 0.1) is 15.9 Å². The third-order valence-corrected chi connectivity index (χ3v) is 2.08. The number of allylic oxidation sites excluding steroid dienone is 1. The summed E-state index contributed by atoms with van der Waals surface area (Å²) in [5, 5.41) is 10.7. The van der Waals surface area contributed by atoms with E-state index in [1.807, 2.05) is 0 Å². The Bertz CT molecular complexity index is 443. The van der Waals surface area contributed by atoms with Crippen molar-refractivity contribution in [1.82, 2.24) is 0 Å². The number of benzene rings is 1. The number of hydrogen-bond donors (Lipinski definition) is 0. The van der Waals surface area contributed by atoms with Crippen molar-refractivity contribution in [3.63, 3.8) is 0 Å². The van der Waals surface area contributed by atoms with Crippen molar-refractivity contribution in [2.24, 2.45) is 0 Å². The smallest absolute Gasteiger partial charge is 0.276 e. The molecule has 0 heterocycles. The molecule has 0 saturated heterocycles. The second kappa shape index (κ2) is 4.74. The first-order chi connectivity index (χ1) is 7.47. The molecule has 0 amide bonds. The summed E-state index contributed by atoms with van der Waals surface area (Å²) in [5.41, 5.74) is 0.411. The highest BCUT2D eigenvalue weighted by atomic mass is 19.1. The Hall–Kier alpha value is -1.91. The summed E-state index contributed by atoms with van der Waals surface area (Å²) >= 11 is 0. The second-order valence-electron chi connectivity index (χ2n) is 3.47. The molecule has 0 aromatic heterocycles. The molecule has 0 atom stereocenters. The van der Waals surface area contributed by atoms with Gasteiger partial charge in [0, 0.05) is 12.5 Å². The average Bonchev–Trinajstić information content (AvgIpc) is 2.19. The van der Waals surface area contributed by atoms with Crippen LogP contribution in [0.15, 0.2) is 24.3 Å². The van der Waals surface area contributed by atoms with Gasteiger partial charge in [-0.25, -0.2) is 4.39 Å². The standard InChI is InChI=1S/C11H12FNO3/c1-7(2)6-8-9(13(14)15)4-5-10(16-3)11(8)12/h4-5H,1,6H2,2-3H3. The second-order valence-corrected chi connectivity index (χ2v) is 3.47. The van der Waals surface area contributed by atoms with Crippen LogP contribution >= 0.6 is 0 Å². The molecule has 0 radical (unpaired) electrons. The molecule has 1 aromatic rings. The highest BCUT2D eigenvalue weighted by molar-refractivity contribution is 5.48. The molecule has 0 aliphatic carbocycles. The Morgan fingerprint density at radius 1 is 1.62 bits per heavy atom. The number of hydrogen-bond acceptors (Lipinski definition) is 3. The topological polar surface area (TPSA) is 52.4 Å². The fraction of sp³-hybridized carbons (Fsp3) is 0.273. The van der Waals surface area contributed by atoms with Crippen molar-refractivity contribution in [3.05, 3.63) is 45.8 Å². The number of rotatable bonds is 4. The molecule has 0 aliphatic heterocycles. The number of halogens is 1. The van der Waals surface area contributed by atoms with Crippen LogP contribution in [0.4, 0.5) is 10.1 Å². The molecule has 0 unspecified atom stereocenters. The predicted octanol–water partition coefficient (Wildman–Crippen LogP) is 2.86. The molecule has 1 aromatic carbocycles. The van der Waals surface area contributed by atoms with Crippen molar-refractivity contribution in [1.29, 1.82) is 0 Å². The van der Waals surface area contributed by atoms with Crippen molar-refractivity contribution in [3.8, 4) is 5.75 Å². The van der Waals surface area contributed by atoms with Gasteiger partial charge in [0.05, 0.1) is 17.6 Å². The van der Waals surface area contributed by atoms with Crippen LogP contribution in [-0.4, -0.2) is 12.0 Å². The lowest BCUT2D eigenvalue weighted by molar-refractivity contribution is -0.385. The molecule has 1 rings (SSSR count). The molecule has 0 N–H and O–H groups in total. The monoisotopic (exact) mass is 225 g/mol. The van der Waals surface area contributed by atoms with Crippen LogP contribution in [-0.2, 0) is 6.42 Å². The van der Waals surface area contributed by atoms with Gasteiger partial charge in [-0.05, 0) is 13.0 Å². The average molecular weight is 225 g/mol. The van der Waals surface area contributed by atoms with Gasteiger partial charge in [0.1, 0.15) is 0 Å². The van der Waals surface area contributed by atoms with E-state index in [0.717, 1.165) is 0 Å². The molecule has 0 bridgehead atoms. The fourth-order valence-corrected chi connectivity index (χ4v) is 1.39. The van der Waals surface area contributed by atoms with Crippen LogP contribution in [0.2, 0.25) is 0 Å². The summed E-state index contributed by atoms with van der Waals surface area (Å²) in [5.74, 6) is -0.693. The van der Waals surface area contributed by atoms with Crippen LogP contribution in [0.25, 0.3) is 0 Å². The molecule has 86 valence electrons. The molecule has 0 fully saturated rings. The zero-order valence-corrected chi connectivity index (χ0v) is 9.12. The third-order valence-electron chi connectivity index (χ3n) is 2.08. The van der Waals surface area contributed by atoms with Crippen LogP contribution < -0.4 is 4.74 Å².